The molecule has 2 rings (SSSR count). The lowest BCUT2D eigenvalue weighted by Gasteiger charge is -2.13. The summed E-state index contributed by atoms with van der Waals surface area (Å²) in [5.74, 6) is -0.134. The molecule has 2 heteroatoms. The summed E-state index contributed by atoms with van der Waals surface area (Å²) in [6.07, 6.45) is 6.15. The van der Waals surface area contributed by atoms with Gasteiger partial charge in [-0.15, -0.1) is 0 Å². The fourth-order valence-corrected chi connectivity index (χ4v) is 3.19. The second-order valence-corrected chi connectivity index (χ2v) is 6.10. The van der Waals surface area contributed by atoms with Crippen LogP contribution in [-0.4, -0.2) is 0 Å². The van der Waals surface area contributed by atoms with Gasteiger partial charge in [-0.1, -0.05) is 78.9 Å². The molecule has 0 spiro atoms. The van der Waals surface area contributed by atoms with E-state index in [1.807, 2.05) is 30.3 Å². The van der Waals surface area contributed by atoms with Crippen molar-refractivity contribution in [1.29, 1.82) is 0 Å². The molecule has 0 bridgehead atoms. The zero-order chi connectivity index (χ0) is 13.7. The third kappa shape index (κ3) is 3.56. The molecule has 0 N–H and O–H groups in total. The van der Waals surface area contributed by atoms with Gasteiger partial charge < -0.3 is 0 Å². The zero-order valence-electron chi connectivity index (χ0n) is 11.3. The molecule has 0 saturated carbocycles. The van der Waals surface area contributed by atoms with Crippen LogP contribution in [0.5, 0.6) is 0 Å². The van der Waals surface area contributed by atoms with Gasteiger partial charge in [-0.2, -0.15) is 0 Å². The van der Waals surface area contributed by atoms with E-state index in [1.165, 1.54) is 31.2 Å². The Bertz CT molecular complexity index is 536. The highest BCUT2D eigenvalue weighted by Gasteiger charge is 2.12. The van der Waals surface area contributed by atoms with Crippen molar-refractivity contribution in [3.05, 3.63) is 47.8 Å². The molecule has 0 fully saturated rings. The van der Waals surface area contributed by atoms with Gasteiger partial charge in [-0.3, -0.25) is 0 Å². The number of halogens is 2. The van der Waals surface area contributed by atoms with Crippen LogP contribution in [0, 0.1) is 5.82 Å². The van der Waals surface area contributed by atoms with Crippen molar-refractivity contribution < 1.29 is 4.39 Å². The molecule has 0 aromatic heterocycles. The molecule has 0 aliphatic heterocycles. The minimum atomic E-state index is -0.134. The van der Waals surface area contributed by atoms with Crippen molar-refractivity contribution in [2.45, 2.75) is 43.9 Å². The predicted molar refractivity (Wildman–Crippen MR) is 84.3 cm³/mol. The molecular weight excluding hydrogens is 303 g/mol. The van der Waals surface area contributed by atoms with Crippen molar-refractivity contribution in [3.8, 4) is 0 Å². The fraction of sp³-hybridized carbons (Fsp3) is 0.412. The standard InChI is InChI=1S/C17H20BrF/c1-2-3-4-5-10-16(18)14-11-12-17(19)15-9-7-6-8-13(14)15/h6-9,11-12,16H,2-5,10H2,1H3. The number of hydrogen-bond acceptors (Lipinski definition) is 0. The van der Waals surface area contributed by atoms with Gasteiger partial charge >= 0.3 is 0 Å². The molecule has 2 aromatic rings. The van der Waals surface area contributed by atoms with Crippen molar-refractivity contribution in [3.63, 3.8) is 0 Å². The lowest BCUT2D eigenvalue weighted by molar-refractivity contribution is 0.628. The minimum absolute atomic E-state index is 0.134. The maximum absolute atomic E-state index is 13.8. The molecule has 0 radical (unpaired) electrons. The molecule has 0 nitrogen and oxygen atoms in total. The quantitative estimate of drug-likeness (QED) is 0.427. The number of fused-ring (bicyclic) bond motifs is 1. The zero-order valence-corrected chi connectivity index (χ0v) is 12.9. The summed E-state index contributed by atoms with van der Waals surface area (Å²) >= 11 is 3.76. The monoisotopic (exact) mass is 322 g/mol. The van der Waals surface area contributed by atoms with Crippen LogP contribution in [0.15, 0.2) is 36.4 Å². The number of hydrogen-bond donors (Lipinski definition) is 0. The molecule has 0 saturated heterocycles. The molecule has 0 heterocycles. The lowest BCUT2D eigenvalue weighted by atomic mass is 9.99. The van der Waals surface area contributed by atoms with Crippen molar-refractivity contribution >= 4 is 26.7 Å². The van der Waals surface area contributed by atoms with Gasteiger partial charge in [0, 0.05) is 10.2 Å². The molecule has 0 aliphatic carbocycles. The van der Waals surface area contributed by atoms with Crippen molar-refractivity contribution in [1.82, 2.24) is 0 Å². The summed E-state index contributed by atoms with van der Waals surface area (Å²) in [5, 5.41) is 1.75. The van der Waals surface area contributed by atoms with E-state index in [4.69, 9.17) is 0 Å². The second-order valence-electron chi connectivity index (χ2n) is 5.00. The molecular formula is C17H20BrF. The van der Waals surface area contributed by atoms with Crippen LogP contribution in [0.1, 0.15) is 49.4 Å². The highest BCUT2D eigenvalue weighted by atomic mass is 79.9. The smallest absolute Gasteiger partial charge is 0.131 e. The van der Waals surface area contributed by atoms with E-state index in [0.717, 1.165) is 17.2 Å². The van der Waals surface area contributed by atoms with E-state index in [0.29, 0.717) is 4.83 Å². The van der Waals surface area contributed by atoms with Gasteiger partial charge in [-0.05, 0) is 23.4 Å². The van der Waals surface area contributed by atoms with Crippen LogP contribution in [0.2, 0.25) is 0 Å². The van der Waals surface area contributed by atoms with Crippen molar-refractivity contribution in [2.24, 2.45) is 0 Å². The van der Waals surface area contributed by atoms with Gasteiger partial charge in [0.15, 0.2) is 0 Å². The Kier molecular flexibility index (Phi) is 5.38. The predicted octanol–water partition coefficient (Wildman–Crippen LogP) is 6.39. The van der Waals surface area contributed by atoms with Crippen LogP contribution in [-0.2, 0) is 0 Å². The van der Waals surface area contributed by atoms with Gasteiger partial charge in [0.1, 0.15) is 5.82 Å². The average molecular weight is 323 g/mol. The average Bonchev–Trinajstić information content (AvgIpc) is 2.44. The third-order valence-electron chi connectivity index (χ3n) is 3.55. The first kappa shape index (κ1) is 14.5. The van der Waals surface area contributed by atoms with E-state index < -0.39 is 0 Å². The van der Waals surface area contributed by atoms with E-state index in [-0.39, 0.29) is 5.82 Å². The Hall–Kier alpha value is -0.890. The Morgan fingerprint density at radius 2 is 1.74 bits per heavy atom. The van der Waals surface area contributed by atoms with Crippen molar-refractivity contribution in [2.75, 3.05) is 0 Å². The summed E-state index contributed by atoms with van der Waals surface area (Å²) in [6, 6.07) is 11.2. The van der Waals surface area contributed by atoms with E-state index in [9.17, 15) is 4.39 Å². The van der Waals surface area contributed by atoms with Gasteiger partial charge in [0.2, 0.25) is 0 Å². The van der Waals surface area contributed by atoms with E-state index in [1.54, 1.807) is 6.07 Å². The molecule has 19 heavy (non-hydrogen) atoms. The first-order chi connectivity index (χ1) is 9.24. The number of rotatable bonds is 6. The first-order valence-electron chi connectivity index (χ1n) is 7.05. The van der Waals surface area contributed by atoms with Gasteiger partial charge in [0.25, 0.3) is 0 Å². The molecule has 0 amide bonds. The van der Waals surface area contributed by atoms with E-state index in [2.05, 4.69) is 22.9 Å². The van der Waals surface area contributed by atoms with Crippen LogP contribution in [0.25, 0.3) is 10.8 Å². The maximum Gasteiger partial charge on any atom is 0.131 e. The molecule has 1 atom stereocenters. The second kappa shape index (κ2) is 7.04. The molecule has 1 unspecified atom stereocenters. The summed E-state index contributed by atoms with van der Waals surface area (Å²) in [7, 11) is 0. The minimum Gasteiger partial charge on any atom is -0.206 e. The SMILES string of the molecule is CCCCCCC(Br)c1ccc(F)c2ccccc12. The van der Waals surface area contributed by atoms with E-state index >= 15 is 0 Å². The fourth-order valence-electron chi connectivity index (χ4n) is 2.46. The summed E-state index contributed by atoms with van der Waals surface area (Å²) in [5.41, 5.74) is 1.20. The summed E-state index contributed by atoms with van der Waals surface area (Å²) < 4.78 is 13.8. The van der Waals surface area contributed by atoms with Gasteiger partial charge in [-0.25, -0.2) is 4.39 Å². The lowest BCUT2D eigenvalue weighted by Crippen LogP contribution is -1.94. The topological polar surface area (TPSA) is 0 Å². The number of benzene rings is 2. The third-order valence-corrected chi connectivity index (χ3v) is 4.50. The Balaban J connectivity index is 2.18. The highest BCUT2D eigenvalue weighted by molar-refractivity contribution is 9.09. The Labute approximate surface area is 123 Å². The first-order valence-corrected chi connectivity index (χ1v) is 7.96. The number of unbranched alkanes of at least 4 members (excludes halogenated alkanes) is 3. The largest absolute Gasteiger partial charge is 0.206 e. The Morgan fingerprint density at radius 1 is 1.00 bits per heavy atom. The van der Waals surface area contributed by atoms with Crippen LogP contribution in [0.3, 0.4) is 0 Å². The number of alkyl halides is 1. The summed E-state index contributed by atoms with van der Waals surface area (Å²) in [4.78, 5) is 0.315. The Morgan fingerprint density at radius 3 is 2.47 bits per heavy atom. The van der Waals surface area contributed by atoms with Gasteiger partial charge in [0.05, 0.1) is 0 Å². The maximum atomic E-state index is 13.8. The van der Waals surface area contributed by atoms with Crippen LogP contribution in [0.4, 0.5) is 4.39 Å². The van der Waals surface area contributed by atoms with Crippen LogP contribution < -0.4 is 0 Å². The highest BCUT2D eigenvalue weighted by Crippen LogP contribution is 2.34. The van der Waals surface area contributed by atoms with Crippen LogP contribution >= 0.6 is 15.9 Å². The normalized spacial score (nSPS) is 12.8. The molecule has 2 aromatic carbocycles. The molecule has 0 aliphatic rings. The molecule has 102 valence electrons. The summed E-state index contributed by atoms with van der Waals surface area (Å²) in [6.45, 7) is 2.22.